The smallest absolute Gasteiger partial charge is 0.352 e. The summed E-state index contributed by atoms with van der Waals surface area (Å²) in [5, 5.41) is 9.27. The zero-order valence-corrected chi connectivity index (χ0v) is 17.8. The lowest BCUT2D eigenvalue weighted by molar-refractivity contribution is -0.172. The molecular weight excluding hydrogens is 354 g/mol. The number of nitrogens with zero attached hydrogens (tertiary/aromatic N) is 1. The van der Waals surface area contributed by atoms with Crippen LogP contribution in [0.1, 0.15) is 47.5 Å². The van der Waals surface area contributed by atoms with Gasteiger partial charge in [0.05, 0.1) is 6.54 Å². The second-order valence-electron chi connectivity index (χ2n) is 8.29. The van der Waals surface area contributed by atoms with E-state index in [1.54, 1.807) is 13.8 Å². The van der Waals surface area contributed by atoms with Crippen LogP contribution < -0.4 is 0 Å². The summed E-state index contributed by atoms with van der Waals surface area (Å²) in [7, 11) is -1.83. The van der Waals surface area contributed by atoms with Crippen molar-refractivity contribution in [2.75, 3.05) is 13.2 Å². The lowest BCUT2D eigenvalue weighted by Gasteiger charge is -2.38. The van der Waals surface area contributed by atoms with Crippen LogP contribution in [0.2, 0.25) is 18.1 Å². The molecule has 0 aromatic rings. The number of carbonyl (C=O) groups is 3. The van der Waals surface area contributed by atoms with Gasteiger partial charge in [0.1, 0.15) is 5.70 Å². The van der Waals surface area contributed by atoms with E-state index in [1.165, 1.54) is 0 Å². The quantitative estimate of drug-likeness (QED) is 0.227. The molecule has 1 fully saturated rings. The monoisotopic (exact) mass is 385 g/mol. The topological polar surface area (TPSA) is 93.1 Å². The molecule has 148 valence electrons. The summed E-state index contributed by atoms with van der Waals surface area (Å²) in [5.74, 6) is -2.11. The van der Waals surface area contributed by atoms with Gasteiger partial charge in [-0.15, -0.1) is 0 Å². The van der Waals surface area contributed by atoms with Crippen molar-refractivity contribution in [2.45, 2.75) is 71.7 Å². The summed E-state index contributed by atoms with van der Waals surface area (Å²) in [6, 6.07) is 0. The SMILES string of the molecule is CC(C)=C(C(=O)O)N1C[C@@H](OC(=O)CCCO[Si](C)(C)C(C)(C)C)C1=O. The first-order valence-electron chi connectivity index (χ1n) is 8.83. The molecule has 1 heterocycles. The number of likely N-dealkylation sites (tertiary alicyclic amines) is 1. The van der Waals surface area contributed by atoms with Gasteiger partial charge in [0.2, 0.25) is 0 Å². The number of carboxylic acids is 1. The Labute approximate surface area is 156 Å². The Kier molecular flexibility index (Phi) is 7.18. The number of aliphatic carboxylic acids is 1. The van der Waals surface area contributed by atoms with Crippen LogP contribution in [0.25, 0.3) is 0 Å². The summed E-state index contributed by atoms with van der Waals surface area (Å²) in [6.07, 6.45) is -0.186. The van der Waals surface area contributed by atoms with E-state index < -0.39 is 32.3 Å². The van der Waals surface area contributed by atoms with Crippen molar-refractivity contribution in [1.82, 2.24) is 4.90 Å². The van der Waals surface area contributed by atoms with Gasteiger partial charge in [0.15, 0.2) is 14.4 Å². The largest absolute Gasteiger partial charge is 0.477 e. The molecule has 26 heavy (non-hydrogen) atoms. The fourth-order valence-electron chi connectivity index (χ4n) is 2.26. The molecule has 1 N–H and O–H groups in total. The summed E-state index contributed by atoms with van der Waals surface area (Å²) >= 11 is 0. The number of hydrogen-bond donors (Lipinski definition) is 1. The molecule has 1 aliphatic heterocycles. The third-order valence-corrected chi connectivity index (χ3v) is 9.44. The van der Waals surface area contributed by atoms with Crippen molar-refractivity contribution in [3.8, 4) is 0 Å². The number of amides is 1. The van der Waals surface area contributed by atoms with Crippen LogP contribution in [-0.2, 0) is 23.5 Å². The highest BCUT2D eigenvalue weighted by Crippen LogP contribution is 2.36. The Morgan fingerprint density at radius 2 is 1.85 bits per heavy atom. The minimum atomic E-state index is -1.83. The van der Waals surface area contributed by atoms with Crippen molar-refractivity contribution in [2.24, 2.45) is 0 Å². The molecule has 0 aromatic heterocycles. The molecule has 0 saturated carbocycles. The van der Waals surface area contributed by atoms with Crippen molar-refractivity contribution >= 4 is 26.2 Å². The number of allylic oxidation sites excluding steroid dienone is 1. The van der Waals surface area contributed by atoms with E-state index in [1.807, 2.05) is 0 Å². The van der Waals surface area contributed by atoms with Gasteiger partial charge in [0, 0.05) is 13.0 Å². The van der Waals surface area contributed by atoms with Gasteiger partial charge in [0.25, 0.3) is 5.91 Å². The third-order valence-electron chi connectivity index (χ3n) is 4.90. The first-order valence-corrected chi connectivity index (χ1v) is 11.7. The maximum atomic E-state index is 12.1. The molecular formula is C18H31NO6Si. The van der Waals surface area contributed by atoms with Crippen molar-refractivity contribution in [1.29, 1.82) is 0 Å². The predicted octanol–water partition coefficient (Wildman–Crippen LogP) is 2.92. The van der Waals surface area contributed by atoms with Crippen LogP contribution in [0.3, 0.4) is 0 Å². The van der Waals surface area contributed by atoms with Gasteiger partial charge in [-0.25, -0.2) is 4.79 Å². The number of rotatable bonds is 8. The van der Waals surface area contributed by atoms with Crippen LogP contribution in [0.15, 0.2) is 11.3 Å². The molecule has 0 aromatic carbocycles. The molecule has 0 unspecified atom stereocenters. The Balaban J connectivity index is 2.40. The summed E-state index contributed by atoms with van der Waals surface area (Å²) in [5.41, 5.74) is 0.475. The van der Waals surface area contributed by atoms with E-state index in [9.17, 15) is 14.4 Å². The van der Waals surface area contributed by atoms with Crippen LogP contribution >= 0.6 is 0 Å². The predicted molar refractivity (Wildman–Crippen MR) is 100.0 cm³/mol. The molecule has 1 atom stereocenters. The van der Waals surface area contributed by atoms with Crippen LogP contribution in [0.4, 0.5) is 0 Å². The fourth-order valence-corrected chi connectivity index (χ4v) is 3.35. The lowest BCUT2D eigenvalue weighted by Crippen LogP contribution is -2.58. The number of carboxylic acid groups (broad SMARTS) is 1. The maximum absolute atomic E-state index is 12.1. The first-order chi connectivity index (χ1) is 11.8. The van der Waals surface area contributed by atoms with E-state index >= 15 is 0 Å². The number of β-lactam (4-membered cyclic amide) rings is 1. The van der Waals surface area contributed by atoms with E-state index in [0.29, 0.717) is 18.6 Å². The standard InChI is InChI=1S/C18H31NO6Si/c1-12(2)15(17(22)23)19-11-13(16(19)21)25-14(20)9-8-10-24-26(6,7)18(3,4)5/h13H,8-11H2,1-7H3,(H,22,23)/t13-/m1/s1. The average Bonchev–Trinajstić information content (AvgIpc) is 2.48. The third kappa shape index (κ3) is 5.41. The van der Waals surface area contributed by atoms with Gasteiger partial charge in [-0.2, -0.15) is 0 Å². The molecule has 0 spiro atoms. The average molecular weight is 386 g/mol. The molecule has 0 bridgehead atoms. The van der Waals surface area contributed by atoms with E-state index in [2.05, 4.69) is 33.9 Å². The first kappa shape index (κ1) is 22.4. The fraction of sp³-hybridized carbons (Fsp3) is 0.722. The van der Waals surface area contributed by atoms with Gasteiger partial charge >= 0.3 is 11.9 Å². The second-order valence-corrected chi connectivity index (χ2v) is 13.1. The number of ether oxygens (including phenoxy) is 1. The molecule has 7 nitrogen and oxygen atoms in total. The van der Waals surface area contributed by atoms with Gasteiger partial charge in [-0.05, 0) is 44.0 Å². The Morgan fingerprint density at radius 3 is 2.27 bits per heavy atom. The molecule has 0 radical (unpaired) electrons. The number of esters is 1. The molecule has 8 heteroatoms. The van der Waals surface area contributed by atoms with E-state index in [4.69, 9.17) is 14.3 Å². The Hall–Kier alpha value is -1.67. The van der Waals surface area contributed by atoms with Crippen molar-refractivity contribution < 1.29 is 28.7 Å². The van der Waals surface area contributed by atoms with Gasteiger partial charge < -0.3 is 14.3 Å². The molecule has 1 aliphatic rings. The van der Waals surface area contributed by atoms with Crippen LogP contribution in [0, 0.1) is 0 Å². The van der Waals surface area contributed by atoms with Crippen molar-refractivity contribution in [3.63, 3.8) is 0 Å². The summed E-state index contributed by atoms with van der Waals surface area (Å²) in [6.45, 7) is 14.6. The minimum Gasteiger partial charge on any atom is -0.477 e. The zero-order chi connectivity index (χ0) is 20.3. The lowest BCUT2D eigenvalue weighted by atomic mass is 10.1. The Morgan fingerprint density at radius 1 is 1.27 bits per heavy atom. The number of hydrogen-bond acceptors (Lipinski definition) is 5. The molecule has 0 aliphatic carbocycles. The van der Waals surface area contributed by atoms with Crippen LogP contribution in [-0.4, -0.2) is 55.4 Å². The summed E-state index contributed by atoms with van der Waals surface area (Å²) in [4.78, 5) is 36.3. The number of carbonyl (C=O) groups excluding carboxylic acids is 2. The highest BCUT2D eigenvalue weighted by Gasteiger charge is 2.43. The van der Waals surface area contributed by atoms with E-state index in [0.717, 1.165) is 4.90 Å². The van der Waals surface area contributed by atoms with E-state index in [-0.39, 0.29) is 23.7 Å². The zero-order valence-electron chi connectivity index (χ0n) is 16.8. The highest BCUT2D eigenvalue weighted by atomic mass is 28.4. The molecule has 1 rings (SSSR count). The minimum absolute atomic E-state index is 0.0509. The molecule has 1 amide bonds. The summed E-state index contributed by atoms with van der Waals surface area (Å²) < 4.78 is 11.1. The normalized spacial score (nSPS) is 17.6. The highest BCUT2D eigenvalue weighted by molar-refractivity contribution is 6.74. The van der Waals surface area contributed by atoms with Crippen LogP contribution in [0.5, 0.6) is 0 Å². The Bertz CT molecular complexity index is 601. The van der Waals surface area contributed by atoms with Gasteiger partial charge in [-0.3, -0.25) is 14.5 Å². The maximum Gasteiger partial charge on any atom is 0.352 e. The molecule has 1 saturated heterocycles. The van der Waals surface area contributed by atoms with Gasteiger partial charge in [-0.1, -0.05) is 20.8 Å². The van der Waals surface area contributed by atoms with Crippen molar-refractivity contribution in [3.05, 3.63) is 11.3 Å². The second kappa shape index (κ2) is 8.35.